The first-order valence-corrected chi connectivity index (χ1v) is 5.90. The van der Waals surface area contributed by atoms with Crippen molar-refractivity contribution in [3.05, 3.63) is 0 Å². The number of rotatable bonds is 2. The van der Waals surface area contributed by atoms with Crippen LogP contribution in [-0.2, 0) is 9.53 Å². The third-order valence-corrected chi connectivity index (χ3v) is 3.38. The Kier molecular flexibility index (Phi) is 5.52. The van der Waals surface area contributed by atoms with E-state index in [0.717, 1.165) is 39.0 Å². The molecule has 0 aromatic carbocycles. The summed E-state index contributed by atoms with van der Waals surface area (Å²) in [6, 6.07) is 0.274. The highest BCUT2D eigenvalue weighted by Gasteiger charge is 2.28. The molecule has 3 unspecified atom stereocenters. The number of nitrogens with one attached hydrogen (secondary N) is 2. The van der Waals surface area contributed by atoms with Gasteiger partial charge in [-0.25, -0.2) is 0 Å². The van der Waals surface area contributed by atoms with Crippen LogP contribution in [0.25, 0.3) is 0 Å². The Bertz CT molecular complexity index is 232. The lowest BCUT2D eigenvalue weighted by atomic mass is 9.94. The predicted molar refractivity (Wildman–Crippen MR) is 64.8 cm³/mol. The molecule has 2 rings (SSSR count). The fourth-order valence-electron chi connectivity index (χ4n) is 2.24. The molecule has 94 valence electrons. The highest BCUT2D eigenvalue weighted by atomic mass is 35.5. The van der Waals surface area contributed by atoms with Gasteiger partial charge in [0, 0.05) is 19.2 Å². The number of hydrogen-bond acceptors (Lipinski definition) is 3. The van der Waals surface area contributed by atoms with Crippen LogP contribution in [-0.4, -0.2) is 37.7 Å². The van der Waals surface area contributed by atoms with Crippen molar-refractivity contribution in [2.45, 2.75) is 38.3 Å². The molecular formula is C11H21ClN2O2. The van der Waals surface area contributed by atoms with E-state index >= 15 is 0 Å². The van der Waals surface area contributed by atoms with Gasteiger partial charge in [-0.1, -0.05) is 6.92 Å². The van der Waals surface area contributed by atoms with Crippen LogP contribution < -0.4 is 10.6 Å². The minimum atomic E-state index is -0.195. The second-order valence-corrected chi connectivity index (χ2v) is 4.59. The molecule has 2 N–H and O–H groups in total. The quantitative estimate of drug-likeness (QED) is 0.757. The monoisotopic (exact) mass is 248 g/mol. The summed E-state index contributed by atoms with van der Waals surface area (Å²) < 4.78 is 5.36. The van der Waals surface area contributed by atoms with Gasteiger partial charge in [0.2, 0.25) is 5.91 Å². The fraction of sp³-hybridized carbons (Fsp3) is 0.909. The van der Waals surface area contributed by atoms with Crippen molar-refractivity contribution in [1.29, 1.82) is 0 Å². The van der Waals surface area contributed by atoms with E-state index in [1.807, 2.05) is 0 Å². The van der Waals surface area contributed by atoms with Crippen LogP contribution >= 0.6 is 12.4 Å². The van der Waals surface area contributed by atoms with Crippen molar-refractivity contribution in [2.24, 2.45) is 5.92 Å². The maximum absolute atomic E-state index is 11.8. The topological polar surface area (TPSA) is 50.4 Å². The van der Waals surface area contributed by atoms with Gasteiger partial charge < -0.3 is 15.4 Å². The van der Waals surface area contributed by atoms with Crippen LogP contribution in [0.1, 0.15) is 26.2 Å². The molecule has 0 spiro atoms. The van der Waals surface area contributed by atoms with E-state index in [1.165, 1.54) is 0 Å². The zero-order valence-corrected chi connectivity index (χ0v) is 10.5. The first-order valence-electron chi connectivity index (χ1n) is 5.90. The van der Waals surface area contributed by atoms with E-state index in [-0.39, 0.29) is 30.5 Å². The number of carbonyl (C=O) groups excluding carboxylic acids is 1. The summed E-state index contributed by atoms with van der Waals surface area (Å²) in [5, 5.41) is 6.39. The molecule has 3 atom stereocenters. The second-order valence-electron chi connectivity index (χ2n) is 4.59. The van der Waals surface area contributed by atoms with Crippen LogP contribution in [0.2, 0.25) is 0 Å². The van der Waals surface area contributed by atoms with Gasteiger partial charge in [-0.3, -0.25) is 4.79 Å². The fourth-order valence-corrected chi connectivity index (χ4v) is 2.24. The van der Waals surface area contributed by atoms with Crippen molar-refractivity contribution < 1.29 is 9.53 Å². The third kappa shape index (κ3) is 3.34. The number of amides is 1. The highest BCUT2D eigenvalue weighted by Crippen LogP contribution is 2.15. The minimum absolute atomic E-state index is 0. The largest absolute Gasteiger partial charge is 0.368 e. The molecule has 4 nitrogen and oxygen atoms in total. The highest BCUT2D eigenvalue weighted by molar-refractivity contribution is 5.85. The van der Waals surface area contributed by atoms with Crippen LogP contribution in [0.4, 0.5) is 0 Å². The lowest BCUT2D eigenvalue weighted by Crippen LogP contribution is -2.52. The van der Waals surface area contributed by atoms with Gasteiger partial charge in [-0.05, 0) is 31.7 Å². The zero-order valence-electron chi connectivity index (χ0n) is 9.70. The summed E-state index contributed by atoms with van der Waals surface area (Å²) in [6.07, 6.45) is 2.83. The first-order chi connectivity index (χ1) is 7.27. The smallest absolute Gasteiger partial charge is 0.249 e. The Balaban J connectivity index is 0.00000128. The molecular weight excluding hydrogens is 228 g/mol. The van der Waals surface area contributed by atoms with Gasteiger partial charge in [0.15, 0.2) is 0 Å². The normalized spacial score (nSPS) is 34.2. The minimum Gasteiger partial charge on any atom is -0.368 e. The van der Waals surface area contributed by atoms with E-state index in [1.54, 1.807) is 0 Å². The molecule has 0 bridgehead atoms. The van der Waals surface area contributed by atoms with Crippen molar-refractivity contribution in [2.75, 3.05) is 19.7 Å². The number of piperidine rings is 1. The Morgan fingerprint density at radius 3 is 2.88 bits per heavy atom. The molecule has 0 aliphatic carbocycles. The lowest BCUT2D eigenvalue weighted by molar-refractivity contribution is -0.131. The van der Waals surface area contributed by atoms with Crippen LogP contribution in [0.5, 0.6) is 0 Å². The molecule has 5 heteroatoms. The molecule has 0 aromatic rings. The summed E-state index contributed by atoms with van der Waals surface area (Å²) in [5.41, 5.74) is 0. The van der Waals surface area contributed by atoms with Crippen molar-refractivity contribution in [3.63, 3.8) is 0 Å². The molecule has 2 fully saturated rings. The molecule has 2 saturated heterocycles. The SMILES string of the molecule is CC1CCNCC1NC(=O)C1CCCO1.Cl. The van der Waals surface area contributed by atoms with E-state index < -0.39 is 0 Å². The molecule has 2 aliphatic heterocycles. The van der Waals surface area contributed by atoms with E-state index in [0.29, 0.717) is 5.92 Å². The summed E-state index contributed by atoms with van der Waals surface area (Å²) >= 11 is 0. The van der Waals surface area contributed by atoms with Crippen LogP contribution in [0.3, 0.4) is 0 Å². The van der Waals surface area contributed by atoms with E-state index in [9.17, 15) is 4.79 Å². The van der Waals surface area contributed by atoms with Crippen LogP contribution in [0, 0.1) is 5.92 Å². The van der Waals surface area contributed by atoms with E-state index in [2.05, 4.69) is 17.6 Å². The van der Waals surface area contributed by atoms with Gasteiger partial charge >= 0.3 is 0 Å². The Hall–Kier alpha value is -0.320. The van der Waals surface area contributed by atoms with Crippen molar-refractivity contribution in [3.8, 4) is 0 Å². The molecule has 1 amide bonds. The summed E-state index contributed by atoms with van der Waals surface area (Å²) in [7, 11) is 0. The maximum atomic E-state index is 11.8. The standard InChI is InChI=1S/C11H20N2O2.ClH/c1-8-4-5-12-7-9(8)13-11(14)10-3-2-6-15-10;/h8-10,12H,2-7H2,1H3,(H,13,14);1H. The summed E-state index contributed by atoms with van der Waals surface area (Å²) in [5.74, 6) is 0.643. The summed E-state index contributed by atoms with van der Waals surface area (Å²) in [4.78, 5) is 11.8. The van der Waals surface area contributed by atoms with E-state index in [4.69, 9.17) is 4.74 Å². The number of ether oxygens (including phenoxy) is 1. The predicted octanol–water partition coefficient (Wildman–Crippen LogP) is 0.701. The lowest BCUT2D eigenvalue weighted by Gasteiger charge is -2.30. The van der Waals surface area contributed by atoms with Gasteiger partial charge in [-0.15, -0.1) is 12.4 Å². The van der Waals surface area contributed by atoms with Gasteiger partial charge in [0.05, 0.1) is 0 Å². The first kappa shape index (κ1) is 13.7. The molecule has 0 aromatic heterocycles. The molecule has 16 heavy (non-hydrogen) atoms. The second kappa shape index (κ2) is 6.42. The molecule has 2 aliphatic rings. The maximum Gasteiger partial charge on any atom is 0.249 e. The van der Waals surface area contributed by atoms with Gasteiger partial charge in [-0.2, -0.15) is 0 Å². The molecule has 2 heterocycles. The van der Waals surface area contributed by atoms with Gasteiger partial charge in [0.1, 0.15) is 6.10 Å². The average Bonchev–Trinajstić information content (AvgIpc) is 2.74. The molecule has 0 radical (unpaired) electrons. The average molecular weight is 249 g/mol. The zero-order chi connectivity index (χ0) is 10.7. The summed E-state index contributed by atoms with van der Waals surface area (Å²) in [6.45, 7) is 4.88. The Labute approximate surface area is 103 Å². The number of hydrogen-bond donors (Lipinski definition) is 2. The van der Waals surface area contributed by atoms with Crippen LogP contribution in [0.15, 0.2) is 0 Å². The third-order valence-electron chi connectivity index (χ3n) is 3.38. The number of carbonyl (C=O) groups is 1. The van der Waals surface area contributed by atoms with Crippen molar-refractivity contribution >= 4 is 18.3 Å². The van der Waals surface area contributed by atoms with Crippen molar-refractivity contribution in [1.82, 2.24) is 10.6 Å². The Morgan fingerprint density at radius 2 is 2.25 bits per heavy atom. The number of halogens is 1. The van der Waals surface area contributed by atoms with Gasteiger partial charge in [0.25, 0.3) is 0 Å². The Morgan fingerprint density at radius 1 is 1.44 bits per heavy atom. The molecule has 0 saturated carbocycles.